The molecule has 1 heterocycles. The minimum atomic E-state index is -4.56. The van der Waals surface area contributed by atoms with E-state index in [2.05, 4.69) is 27.5 Å². The maximum Gasteiger partial charge on any atom is 0.421 e. The van der Waals surface area contributed by atoms with Gasteiger partial charge in [-0.1, -0.05) is 37.6 Å². The number of alkyl halides is 3. The highest BCUT2D eigenvalue weighted by atomic mass is 19.4. The molecule has 146 valence electrons. The first-order chi connectivity index (χ1) is 13.3. The Morgan fingerprint density at radius 2 is 1.68 bits per heavy atom. The van der Waals surface area contributed by atoms with Gasteiger partial charge in [0.25, 0.3) is 0 Å². The summed E-state index contributed by atoms with van der Waals surface area (Å²) in [5.74, 6) is -0.197. The summed E-state index contributed by atoms with van der Waals surface area (Å²) in [6.07, 6.45) is -1.96. The Labute approximate surface area is 161 Å². The summed E-state index contributed by atoms with van der Waals surface area (Å²) in [6, 6.07) is 14.7. The Bertz CT molecular complexity index is 954. The Morgan fingerprint density at radius 1 is 0.964 bits per heavy atom. The van der Waals surface area contributed by atoms with Crippen LogP contribution in [0.3, 0.4) is 0 Å². The minimum absolute atomic E-state index is 0.0887. The van der Waals surface area contributed by atoms with Gasteiger partial charge < -0.3 is 10.6 Å². The monoisotopic (exact) mass is 386 g/mol. The highest BCUT2D eigenvalue weighted by Gasteiger charge is 2.35. The number of anilines is 4. The van der Waals surface area contributed by atoms with Crippen molar-refractivity contribution in [3.63, 3.8) is 0 Å². The summed E-state index contributed by atoms with van der Waals surface area (Å²) in [4.78, 5) is 7.92. The molecule has 0 unspecified atom stereocenters. The molecular weight excluding hydrogens is 365 g/mol. The largest absolute Gasteiger partial charge is 0.421 e. The van der Waals surface area contributed by atoms with E-state index in [1.54, 1.807) is 12.1 Å². The first kappa shape index (κ1) is 19.7. The van der Waals surface area contributed by atoms with Crippen molar-refractivity contribution in [2.75, 3.05) is 10.6 Å². The molecule has 0 spiro atoms. The van der Waals surface area contributed by atoms with Crippen molar-refractivity contribution in [2.45, 2.75) is 32.9 Å². The van der Waals surface area contributed by atoms with Gasteiger partial charge in [0.05, 0.1) is 0 Å². The van der Waals surface area contributed by atoms with E-state index in [0.717, 1.165) is 30.2 Å². The fourth-order valence-electron chi connectivity index (χ4n) is 2.83. The van der Waals surface area contributed by atoms with E-state index in [0.29, 0.717) is 11.4 Å². The van der Waals surface area contributed by atoms with Crippen LogP contribution in [0.25, 0.3) is 0 Å². The fourth-order valence-corrected chi connectivity index (χ4v) is 2.83. The lowest BCUT2D eigenvalue weighted by atomic mass is 10.1. The van der Waals surface area contributed by atoms with Crippen LogP contribution in [-0.4, -0.2) is 9.97 Å². The molecule has 7 heteroatoms. The van der Waals surface area contributed by atoms with Gasteiger partial charge in [0.1, 0.15) is 11.4 Å². The van der Waals surface area contributed by atoms with Crippen LogP contribution in [0.4, 0.5) is 36.3 Å². The highest BCUT2D eigenvalue weighted by Crippen LogP contribution is 2.35. The van der Waals surface area contributed by atoms with Gasteiger partial charge in [0.15, 0.2) is 0 Å². The first-order valence-electron chi connectivity index (χ1n) is 8.99. The lowest BCUT2D eigenvalue weighted by Gasteiger charge is -2.15. The molecule has 0 radical (unpaired) electrons. The molecule has 4 nitrogen and oxygen atoms in total. The van der Waals surface area contributed by atoms with Gasteiger partial charge in [-0.2, -0.15) is 18.2 Å². The zero-order chi connectivity index (χ0) is 20.1. The Kier molecular flexibility index (Phi) is 5.82. The molecule has 1 aromatic heterocycles. The zero-order valence-electron chi connectivity index (χ0n) is 15.6. The summed E-state index contributed by atoms with van der Waals surface area (Å²) in [5, 5.41) is 5.76. The molecule has 3 aromatic rings. The zero-order valence-corrected chi connectivity index (χ0v) is 15.6. The Balaban J connectivity index is 1.93. The first-order valence-corrected chi connectivity index (χ1v) is 8.99. The quantitative estimate of drug-likeness (QED) is 0.526. The second-order valence-corrected chi connectivity index (χ2v) is 6.52. The van der Waals surface area contributed by atoms with E-state index in [1.807, 2.05) is 43.3 Å². The van der Waals surface area contributed by atoms with Crippen LogP contribution in [0.2, 0.25) is 0 Å². The summed E-state index contributed by atoms with van der Waals surface area (Å²) in [7, 11) is 0. The van der Waals surface area contributed by atoms with E-state index in [-0.39, 0.29) is 11.8 Å². The van der Waals surface area contributed by atoms with Gasteiger partial charge >= 0.3 is 6.18 Å². The van der Waals surface area contributed by atoms with E-state index in [9.17, 15) is 13.2 Å². The number of hydrogen-bond acceptors (Lipinski definition) is 4. The smallest absolute Gasteiger partial charge is 0.340 e. The van der Waals surface area contributed by atoms with Crippen molar-refractivity contribution in [1.29, 1.82) is 0 Å². The van der Waals surface area contributed by atoms with Crippen molar-refractivity contribution in [3.05, 3.63) is 71.4 Å². The molecule has 0 fully saturated rings. The molecule has 0 amide bonds. The number of rotatable bonds is 6. The number of halogens is 3. The van der Waals surface area contributed by atoms with Crippen molar-refractivity contribution >= 4 is 23.1 Å². The van der Waals surface area contributed by atoms with Gasteiger partial charge in [-0.25, -0.2) is 4.98 Å². The standard InChI is InChI=1S/C21H21F3N4/c1-3-6-15-8-5-10-17(12-15)26-19-18(21(22,23)24)13-25-20(28-19)27-16-9-4-7-14(2)11-16/h4-5,7-13H,3,6H2,1-2H3,(H2,25,26,27,28). The molecule has 2 aromatic carbocycles. The molecule has 0 saturated carbocycles. The van der Waals surface area contributed by atoms with Crippen LogP contribution >= 0.6 is 0 Å². The molecule has 0 aliphatic heterocycles. The average Bonchev–Trinajstić information content (AvgIpc) is 2.61. The summed E-state index contributed by atoms with van der Waals surface area (Å²) >= 11 is 0. The van der Waals surface area contributed by atoms with Crippen molar-refractivity contribution in [3.8, 4) is 0 Å². The number of aryl methyl sites for hydroxylation is 2. The second kappa shape index (κ2) is 8.29. The van der Waals surface area contributed by atoms with Crippen molar-refractivity contribution in [1.82, 2.24) is 9.97 Å². The normalized spacial score (nSPS) is 11.3. The predicted molar refractivity (Wildman–Crippen MR) is 105 cm³/mol. The molecule has 0 aliphatic rings. The lowest BCUT2D eigenvalue weighted by molar-refractivity contribution is -0.137. The average molecular weight is 386 g/mol. The molecule has 0 saturated heterocycles. The second-order valence-electron chi connectivity index (χ2n) is 6.52. The highest BCUT2D eigenvalue weighted by molar-refractivity contribution is 5.63. The van der Waals surface area contributed by atoms with Crippen LogP contribution in [0.5, 0.6) is 0 Å². The molecule has 28 heavy (non-hydrogen) atoms. The van der Waals surface area contributed by atoms with Crippen LogP contribution in [0.1, 0.15) is 30.0 Å². The molecule has 2 N–H and O–H groups in total. The van der Waals surface area contributed by atoms with Gasteiger partial charge in [-0.05, 0) is 48.7 Å². The summed E-state index contributed by atoms with van der Waals surface area (Å²) < 4.78 is 40.3. The van der Waals surface area contributed by atoms with Gasteiger partial charge in [0.2, 0.25) is 5.95 Å². The summed E-state index contributed by atoms with van der Waals surface area (Å²) in [6.45, 7) is 3.98. The third-order valence-electron chi connectivity index (χ3n) is 4.10. The molecule has 0 bridgehead atoms. The molecule has 0 aliphatic carbocycles. The number of nitrogens with one attached hydrogen (secondary N) is 2. The van der Waals surface area contributed by atoms with Crippen LogP contribution in [-0.2, 0) is 12.6 Å². The number of hydrogen-bond donors (Lipinski definition) is 2. The van der Waals surface area contributed by atoms with E-state index in [4.69, 9.17) is 0 Å². The third kappa shape index (κ3) is 5.00. The molecule has 3 rings (SSSR count). The molecular formula is C21H21F3N4. The molecule has 0 atom stereocenters. The van der Waals surface area contributed by atoms with Crippen molar-refractivity contribution < 1.29 is 13.2 Å². The van der Waals surface area contributed by atoms with Crippen molar-refractivity contribution in [2.24, 2.45) is 0 Å². The van der Waals surface area contributed by atoms with Gasteiger partial charge in [-0.15, -0.1) is 0 Å². The maximum absolute atomic E-state index is 13.4. The van der Waals surface area contributed by atoms with E-state index < -0.39 is 11.7 Å². The topological polar surface area (TPSA) is 49.8 Å². The van der Waals surface area contributed by atoms with Gasteiger partial charge in [0, 0.05) is 17.6 Å². The number of aromatic nitrogens is 2. The predicted octanol–water partition coefficient (Wildman–Crippen LogP) is 6.24. The van der Waals surface area contributed by atoms with Crippen LogP contribution in [0.15, 0.2) is 54.7 Å². The lowest BCUT2D eigenvalue weighted by Crippen LogP contribution is -2.12. The fraction of sp³-hybridized carbons (Fsp3) is 0.238. The van der Waals surface area contributed by atoms with E-state index in [1.165, 1.54) is 0 Å². The number of benzene rings is 2. The minimum Gasteiger partial charge on any atom is -0.340 e. The van der Waals surface area contributed by atoms with Gasteiger partial charge in [-0.3, -0.25) is 0 Å². The van der Waals surface area contributed by atoms with Crippen LogP contribution < -0.4 is 10.6 Å². The maximum atomic E-state index is 13.4. The number of nitrogens with zero attached hydrogens (tertiary/aromatic N) is 2. The van der Waals surface area contributed by atoms with Crippen LogP contribution in [0, 0.1) is 6.92 Å². The summed E-state index contributed by atoms with van der Waals surface area (Å²) in [5.41, 5.74) is 2.41. The third-order valence-corrected chi connectivity index (χ3v) is 4.10. The van der Waals surface area contributed by atoms with E-state index >= 15 is 0 Å². The Morgan fingerprint density at radius 3 is 2.36 bits per heavy atom. The SMILES string of the molecule is CCCc1cccc(Nc2nc(Nc3cccc(C)c3)ncc2C(F)(F)F)c1. The Hall–Kier alpha value is -3.09.